The summed E-state index contributed by atoms with van der Waals surface area (Å²) < 4.78 is 6.09. The first-order chi connectivity index (χ1) is 9.20. The molecule has 0 spiro atoms. The van der Waals surface area contributed by atoms with Crippen LogP contribution in [0.1, 0.15) is 5.01 Å². The molecule has 0 amide bonds. The van der Waals surface area contributed by atoms with Crippen LogP contribution >= 0.6 is 45.5 Å². The first kappa shape index (κ1) is 15.1. The lowest BCUT2D eigenvalue weighted by Crippen LogP contribution is -2.18. The van der Waals surface area contributed by atoms with Gasteiger partial charge in [0.2, 0.25) is 0 Å². The van der Waals surface area contributed by atoms with Crippen molar-refractivity contribution in [2.45, 2.75) is 6.54 Å². The van der Waals surface area contributed by atoms with Crippen LogP contribution in [-0.4, -0.2) is 30.5 Å². The first-order valence-electron chi connectivity index (χ1n) is 5.68. The minimum absolute atomic E-state index is 0.692. The van der Waals surface area contributed by atoms with E-state index in [2.05, 4.69) is 38.1 Å². The zero-order valence-corrected chi connectivity index (χ0v) is 14.1. The van der Waals surface area contributed by atoms with Crippen LogP contribution in [0.2, 0.25) is 5.02 Å². The second-order valence-electron chi connectivity index (χ2n) is 3.79. The summed E-state index contributed by atoms with van der Waals surface area (Å²) in [6.45, 7) is 2.20. The molecule has 0 fully saturated rings. The number of halogens is 2. The van der Waals surface area contributed by atoms with Crippen LogP contribution in [0.25, 0.3) is 10.6 Å². The monoisotopic (exact) mass is 409 g/mol. The van der Waals surface area contributed by atoms with Crippen LogP contribution in [0.5, 0.6) is 0 Å². The van der Waals surface area contributed by atoms with E-state index >= 15 is 0 Å². The average molecular weight is 410 g/mol. The normalized spacial score (nSPS) is 10.9. The lowest BCUT2D eigenvalue weighted by atomic mass is 10.2. The number of nitrogens with one attached hydrogen (secondary N) is 1. The quantitative estimate of drug-likeness (QED) is 0.588. The van der Waals surface area contributed by atoms with Crippen molar-refractivity contribution in [1.82, 2.24) is 15.5 Å². The summed E-state index contributed by atoms with van der Waals surface area (Å²) in [7, 11) is 1.69. The van der Waals surface area contributed by atoms with Gasteiger partial charge in [0, 0.05) is 34.4 Å². The van der Waals surface area contributed by atoms with Gasteiger partial charge in [0.25, 0.3) is 0 Å². The number of aromatic nitrogens is 2. The van der Waals surface area contributed by atoms with Crippen LogP contribution in [0.4, 0.5) is 0 Å². The molecule has 0 aliphatic rings. The molecule has 0 radical (unpaired) electrons. The summed E-state index contributed by atoms with van der Waals surface area (Å²) >= 11 is 9.87. The average Bonchev–Trinajstić information content (AvgIpc) is 2.86. The van der Waals surface area contributed by atoms with Gasteiger partial charge in [0.1, 0.15) is 10.0 Å². The summed E-state index contributed by atoms with van der Waals surface area (Å²) in [5.41, 5.74) is 1.04. The van der Waals surface area contributed by atoms with Crippen molar-refractivity contribution in [3.05, 3.63) is 31.8 Å². The minimum atomic E-state index is 0.692. The van der Waals surface area contributed by atoms with E-state index in [1.807, 2.05) is 18.2 Å². The summed E-state index contributed by atoms with van der Waals surface area (Å²) in [6, 6.07) is 5.78. The molecule has 1 aromatic heterocycles. The topological polar surface area (TPSA) is 47.0 Å². The Kier molecular flexibility index (Phi) is 5.96. The first-order valence-corrected chi connectivity index (χ1v) is 7.95. The van der Waals surface area contributed by atoms with Crippen molar-refractivity contribution in [3.8, 4) is 10.6 Å². The Hall–Kier alpha value is -0.280. The molecular formula is C12H13ClIN3OS. The molecule has 19 heavy (non-hydrogen) atoms. The second kappa shape index (κ2) is 7.49. The van der Waals surface area contributed by atoms with E-state index in [1.165, 1.54) is 0 Å². The molecule has 2 rings (SSSR count). The Morgan fingerprint density at radius 1 is 1.42 bits per heavy atom. The van der Waals surface area contributed by atoms with Gasteiger partial charge in [-0.25, -0.2) is 0 Å². The van der Waals surface area contributed by atoms with Crippen LogP contribution in [-0.2, 0) is 11.3 Å². The number of hydrogen-bond acceptors (Lipinski definition) is 5. The molecule has 7 heteroatoms. The summed E-state index contributed by atoms with van der Waals surface area (Å²) in [4.78, 5) is 0. The number of nitrogens with zero attached hydrogens (tertiary/aromatic N) is 2. The maximum atomic E-state index is 6.02. The van der Waals surface area contributed by atoms with Gasteiger partial charge in [0.15, 0.2) is 0 Å². The lowest BCUT2D eigenvalue weighted by Gasteiger charge is -2.00. The van der Waals surface area contributed by atoms with E-state index in [4.69, 9.17) is 16.3 Å². The van der Waals surface area contributed by atoms with E-state index in [0.29, 0.717) is 18.2 Å². The van der Waals surface area contributed by atoms with Crippen LogP contribution < -0.4 is 5.32 Å². The van der Waals surface area contributed by atoms with E-state index in [9.17, 15) is 0 Å². The molecule has 1 heterocycles. The Morgan fingerprint density at radius 2 is 2.26 bits per heavy atom. The maximum absolute atomic E-state index is 6.02. The highest BCUT2D eigenvalue weighted by atomic mass is 127. The van der Waals surface area contributed by atoms with Gasteiger partial charge >= 0.3 is 0 Å². The molecule has 4 nitrogen and oxygen atoms in total. The Balaban J connectivity index is 2.06. The van der Waals surface area contributed by atoms with E-state index in [0.717, 1.165) is 25.7 Å². The third kappa shape index (κ3) is 4.35. The molecule has 0 unspecified atom stereocenters. The predicted molar refractivity (Wildman–Crippen MR) is 86.7 cm³/mol. The van der Waals surface area contributed by atoms with E-state index in [-0.39, 0.29) is 0 Å². The summed E-state index contributed by atoms with van der Waals surface area (Å²) in [6.07, 6.45) is 0. The van der Waals surface area contributed by atoms with Gasteiger partial charge in [-0.1, -0.05) is 22.9 Å². The lowest BCUT2D eigenvalue weighted by molar-refractivity contribution is 0.199. The fraction of sp³-hybridized carbons (Fsp3) is 0.333. The van der Waals surface area contributed by atoms with Crippen molar-refractivity contribution >= 4 is 45.5 Å². The Labute approximate surface area is 134 Å². The zero-order chi connectivity index (χ0) is 13.7. The highest BCUT2D eigenvalue weighted by molar-refractivity contribution is 14.1. The predicted octanol–water partition coefficient (Wildman–Crippen LogP) is 3.20. The number of benzene rings is 1. The van der Waals surface area contributed by atoms with Gasteiger partial charge in [0.05, 0.1) is 6.61 Å². The maximum Gasteiger partial charge on any atom is 0.148 e. The summed E-state index contributed by atoms with van der Waals surface area (Å²) in [5.74, 6) is 0. The highest BCUT2D eigenvalue weighted by Crippen LogP contribution is 2.30. The zero-order valence-electron chi connectivity index (χ0n) is 10.3. The smallest absolute Gasteiger partial charge is 0.148 e. The van der Waals surface area contributed by atoms with Gasteiger partial charge in [-0.05, 0) is 40.8 Å². The molecule has 102 valence electrons. The van der Waals surface area contributed by atoms with Crippen LogP contribution in [0, 0.1) is 3.57 Å². The number of ether oxygens (including phenoxy) is 1. The molecule has 0 aliphatic carbocycles. The number of rotatable bonds is 6. The SMILES string of the molecule is COCCNCc1nnc(-c2cc(Cl)ccc2I)s1. The van der Waals surface area contributed by atoms with Crippen LogP contribution in [0.15, 0.2) is 18.2 Å². The number of hydrogen-bond donors (Lipinski definition) is 1. The van der Waals surface area contributed by atoms with Gasteiger partial charge in [-0.15, -0.1) is 10.2 Å². The fourth-order valence-electron chi connectivity index (χ4n) is 1.46. The Morgan fingerprint density at radius 3 is 3.05 bits per heavy atom. The van der Waals surface area contributed by atoms with Crippen molar-refractivity contribution < 1.29 is 4.74 Å². The molecule has 2 aromatic rings. The minimum Gasteiger partial charge on any atom is -0.383 e. The second-order valence-corrected chi connectivity index (χ2v) is 6.46. The van der Waals surface area contributed by atoms with Crippen molar-refractivity contribution in [2.24, 2.45) is 0 Å². The fourth-order valence-corrected chi connectivity index (χ4v) is 3.25. The van der Waals surface area contributed by atoms with Crippen molar-refractivity contribution in [3.63, 3.8) is 0 Å². The molecule has 1 N–H and O–H groups in total. The summed E-state index contributed by atoms with van der Waals surface area (Å²) in [5, 5.41) is 14.2. The van der Waals surface area contributed by atoms with Gasteiger partial charge in [-0.3, -0.25) is 0 Å². The Bertz CT molecular complexity index is 550. The molecule has 0 aliphatic heterocycles. The molecule has 1 aromatic carbocycles. The molecule has 0 saturated carbocycles. The molecule has 0 bridgehead atoms. The third-order valence-electron chi connectivity index (χ3n) is 2.38. The third-order valence-corrected chi connectivity index (χ3v) is 4.52. The largest absolute Gasteiger partial charge is 0.383 e. The van der Waals surface area contributed by atoms with Crippen LogP contribution in [0.3, 0.4) is 0 Å². The standard InChI is InChI=1S/C12H13ClIN3OS/c1-18-5-4-15-7-11-16-17-12(19-11)9-6-8(13)2-3-10(9)14/h2-3,6,15H,4-5,7H2,1H3. The van der Waals surface area contributed by atoms with Crippen molar-refractivity contribution in [2.75, 3.05) is 20.3 Å². The van der Waals surface area contributed by atoms with Gasteiger partial charge in [-0.2, -0.15) is 0 Å². The highest BCUT2D eigenvalue weighted by Gasteiger charge is 2.10. The molecule has 0 atom stereocenters. The van der Waals surface area contributed by atoms with E-state index in [1.54, 1.807) is 18.4 Å². The number of methoxy groups -OCH3 is 1. The molecule has 0 saturated heterocycles. The van der Waals surface area contributed by atoms with Gasteiger partial charge < -0.3 is 10.1 Å². The van der Waals surface area contributed by atoms with E-state index < -0.39 is 0 Å². The van der Waals surface area contributed by atoms with Crippen molar-refractivity contribution in [1.29, 1.82) is 0 Å². The molecular weight excluding hydrogens is 397 g/mol.